The maximum atomic E-state index is 13.2. The average Bonchev–Trinajstić information content (AvgIpc) is 2.87. The summed E-state index contributed by atoms with van der Waals surface area (Å²) < 4.78 is 32.8. The lowest BCUT2D eigenvalue weighted by atomic mass is 9.98. The topological polar surface area (TPSA) is 96.0 Å². The Morgan fingerprint density at radius 3 is 2.39 bits per heavy atom. The molecule has 2 aromatic rings. The highest BCUT2D eigenvalue weighted by Gasteiger charge is 2.33. The van der Waals surface area contributed by atoms with E-state index in [1.165, 1.54) is 22.0 Å². The van der Waals surface area contributed by atoms with Gasteiger partial charge in [-0.2, -0.15) is 4.31 Å². The molecule has 0 aromatic heterocycles. The zero-order chi connectivity index (χ0) is 26.3. The largest absolute Gasteiger partial charge is 0.466 e. The molecule has 1 aliphatic heterocycles. The van der Waals surface area contributed by atoms with E-state index in [0.29, 0.717) is 31.6 Å². The van der Waals surface area contributed by atoms with E-state index >= 15 is 0 Å². The summed E-state index contributed by atoms with van der Waals surface area (Å²) in [6.07, 6.45) is 0.850. The van der Waals surface area contributed by atoms with Gasteiger partial charge >= 0.3 is 5.97 Å². The summed E-state index contributed by atoms with van der Waals surface area (Å²) in [7, 11) is 0.234. The zero-order valence-corrected chi connectivity index (χ0v) is 22.4. The van der Waals surface area contributed by atoms with Crippen LogP contribution in [0.25, 0.3) is 0 Å². The van der Waals surface area contributed by atoms with Gasteiger partial charge in [-0.3, -0.25) is 9.59 Å². The van der Waals surface area contributed by atoms with Gasteiger partial charge in [0.2, 0.25) is 10.0 Å². The lowest BCUT2D eigenvalue weighted by Crippen LogP contribution is -2.40. The maximum Gasteiger partial charge on any atom is 0.309 e. The van der Waals surface area contributed by atoms with Crippen LogP contribution in [0.15, 0.2) is 53.4 Å². The fourth-order valence-corrected chi connectivity index (χ4v) is 5.90. The molecule has 1 heterocycles. The van der Waals surface area contributed by atoms with Crippen molar-refractivity contribution in [3.63, 3.8) is 0 Å². The van der Waals surface area contributed by atoms with Gasteiger partial charge < -0.3 is 15.0 Å². The van der Waals surface area contributed by atoms with Crippen LogP contribution in [-0.4, -0.2) is 76.3 Å². The Labute approximate surface area is 214 Å². The van der Waals surface area contributed by atoms with Gasteiger partial charge in [-0.1, -0.05) is 42.0 Å². The van der Waals surface area contributed by atoms with E-state index in [4.69, 9.17) is 4.74 Å². The molecule has 36 heavy (non-hydrogen) atoms. The Kier molecular flexibility index (Phi) is 9.78. The smallest absolute Gasteiger partial charge is 0.309 e. The number of likely N-dealkylation sites (N-methyl/N-ethyl adjacent to an activating group) is 1. The summed E-state index contributed by atoms with van der Waals surface area (Å²) in [5.41, 5.74) is 2.70. The molecule has 9 heteroatoms. The minimum absolute atomic E-state index is 0.0914. The SMILES string of the molecule is CCOC(=O)C1CCN(S(=O)(=O)c2cccc(C(=O)CNCC(c3ccc(C)cc3)N(C)C)c2)CC1. The lowest BCUT2D eigenvalue weighted by Gasteiger charge is -2.30. The van der Waals surface area contributed by atoms with Crippen LogP contribution >= 0.6 is 0 Å². The molecule has 8 nitrogen and oxygen atoms in total. The summed E-state index contributed by atoms with van der Waals surface area (Å²) in [6.45, 7) is 5.29. The van der Waals surface area contributed by atoms with Crippen LogP contribution in [0.3, 0.4) is 0 Å². The molecule has 1 unspecified atom stereocenters. The molecule has 0 bridgehead atoms. The van der Waals surface area contributed by atoms with Gasteiger partial charge in [-0.25, -0.2) is 8.42 Å². The van der Waals surface area contributed by atoms with Crippen molar-refractivity contribution in [3.05, 3.63) is 65.2 Å². The van der Waals surface area contributed by atoms with Crippen molar-refractivity contribution in [2.45, 2.75) is 37.6 Å². The van der Waals surface area contributed by atoms with E-state index in [1.807, 2.05) is 21.0 Å². The number of sulfonamides is 1. The summed E-state index contributed by atoms with van der Waals surface area (Å²) in [6, 6.07) is 14.6. The average molecular weight is 516 g/mol. The van der Waals surface area contributed by atoms with Gasteiger partial charge in [0.25, 0.3) is 0 Å². The van der Waals surface area contributed by atoms with E-state index in [-0.39, 0.29) is 48.2 Å². The van der Waals surface area contributed by atoms with Crippen LogP contribution in [0.5, 0.6) is 0 Å². The number of carbonyl (C=O) groups excluding carboxylic acids is 2. The Morgan fingerprint density at radius 2 is 1.78 bits per heavy atom. The van der Waals surface area contributed by atoms with Crippen LogP contribution < -0.4 is 5.32 Å². The number of carbonyl (C=O) groups is 2. The summed E-state index contributed by atoms with van der Waals surface area (Å²) >= 11 is 0. The first-order valence-corrected chi connectivity index (χ1v) is 13.8. The third kappa shape index (κ3) is 7.00. The van der Waals surface area contributed by atoms with Crippen molar-refractivity contribution in [2.24, 2.45) is 5.92 Å². The number of esters is 1. The highest BCUT2D eigenvalue weighted by molar-refractivity contribution is 7.89. The highest BCUT2D eigenvalue weighted by Crippen LogP contribution is 2.25. The third-order valence-corrected chi connectivity index (χ3v) is 8.47. The number of nitrogens with zero attached hydrogens (tertiary/aromatic N) is 2. The van der Waals surface area contributed by atoms with Crippen LogP contribution in [-0.2, 0) is 19.6 Å². The first-order chi connectivity index (χ1) is 17.1. The molecule has 0 amide bonds. The van der Waals surface area contributed by atoms with Crippen molar-refractivity contribution in [2.75, 3.05) is 46.9 Å². The molecule has 1 fully saturated rings. The Balaban J connectivity index is 1.61. The van der Waals surface area contributed by atoms with Crippen molar-refractivity contribution in [1.29, 1.82) is 0 Å². The highest BCUT2D eigenvalue weighted by atomic mass is 32.2. The Bertz CT molecular complexity index is 1140. The molecule has 0 radical (unpaired) electrons. The molecule has 0 spiro atoms. The fraction of sp³-hybridized carbons (Fsp3) is 0.481. The summed E-state index contributed by atoms with van der Waals surface area (Å²) in [5, 5.41) is 3.23. The van der Waals surface area contributed by atoms with Gasteiger partial charge in [0.15, 0.2) is 5.78 Å². The van der Waals surface area contributed by atoms with Crippen LogP contribution in [0.4, 0.5) is 0 Å². The number of rotatable bonds is 11. The molecule has 1 N–H and O–H groups in total. The van der Waals surface area contributed by atoms with Crippen LogP contribution in [0.1, 0.15) is 47.3 Å². The predicted molar refractivity (Wildman–Crippen MR) is 139 cm³/mol. The molecule has 0 aliphatic carbocycles. The quantitative estimate of drug-likeness (QED) is 0.363. The number of benzene rings is 2. The minimum atomic E-state index is -3.76. The normalized spacial score (nSPS) is 16.1. The number of piperidine rings is 1. The molecule has 196 valence electrons. The third-order valence-electron chi connectivity index (χ3n) is 6.58. The number of hydrogen-bond acceptors (Lipinski definition) is 7. The second-order valence-electron chi connectivity index (χ2n) is 9.40. The van der Waals surface area contributed by atoms with E-state index in [0.717, 1.165) is 5.56 Å². The number of Topliss-reactive ketones (excluding diaryl/α,β-unsaturated/α-hetero) is 1. The second-order valence-corrected chi connectivity index (χ2v) is 11.3. The summed E-state index contributed by atoms with van der Waals surface area (Å²) in [4.78, 5) is 27.0. The van der Waals surface area contributed by atoms with Crippen molar-refractivity contribution in [3.8, 4) is 0 Å². The number of ketones is 1. The van der Waals surface area contributed by atoms with Gasteiger partial charge in [-0.05, 0) is 58.5 Å². The van der Waals surface area contributed by atoms with Gasteiger partial charge in [0, 0.05) is 31.2 Å². The molecular formula is C27H37N3O5S. The van der Waals surface area contributed by atoms with Gasteiger partial charge in [-0.15, -0.1) is 0 Å². The van der Waals surface area contributed by atoms with E-state index < -0.39 is 10.0 Å². The molecule has 1 aliphatic rings. The fourth-order valence-electron chi connectivity index (χ4n) is 4.38. The molecular weight excluding hydrogens is 478 g/mol. The van der Waals surface area contributed by atoms with Crippen LogP contribution in [0.2, 0.25) is 0 Å². The first kappa shape index (κ1) is 28.0. The number of aryl methyl sites for hydroxylation is 1. The van der Waals surface area contributed by atoms with E-state index in [9.17, 15) is 18.0 Å². The summed E-state index contributed by atoms with van der Waals surface area (Å²) in [5.74, 6) is -0.718. The molecule has 1 atom stereocenters. The van der Waals surface area contributed by atoms with Crippen molar-refractivity contribution < 1.29 is 22.7 Å². The molecule has 2 aromatic carbocycles. The maximum absolute atomic E-state index is 13.2. The Morgan fingerprint density at radius 1 is 1.11 bits per heavy atom. The van der Waals surface area contributed by atoms with Gasteiger partial charge in [0.1, 0.15) is 0 Å². The number of ether oxygens (including phenoxy) is 1. The van der Waals surface area contributed by atoms with Crippen LogP contribution in [0, 0.1) is 12.8 Å². The minimum Gasteiger partial charge on any atom is -0.466 e. The zero-order valence-electron chi connectivity index (χ0n) is 21.6. The molecule has 3 rings (SSSR count). The monoisotopic (exact) mass is 515 g/mol. The van der Waals surface area contributed by atoms with Crippen molar-refractivity contribution in [1.82, 2.24) is 14.5 Å². The predicted octanol–water partition coefficient (Wildman–Crippen LogP) is 3.03. The van der Waals surface area contributed by atoms with Crippen molar-refractivity contribution >= 4 is 21.8 Å². The van der Waals surface area contributed by atoms with E-state index in [2.05, 4.69) is 34.5 Å². The second kappa shape index (κ2) is 12.6. The Hall–Kier alpha value is -2.59. The standard InChI is InChI=1S/C27H37N3O5S/c1-5-35-27(32)22-13-15-30(16-14-22)36(33,34)24-8-6-7-23(17-24)26(31)19-28-18-25(29(3)4)21-11-9-20(2)10-12-21/h6-12,17,22,25,28H,5,13-16,18-19H2,1-4H3. The first-order valence-electron chi connectivity index (χ1n) is 12.4. The number of hydrogen-bond donors (Lipinski definition) is 1. The lowest BCUT2D eigenvalue weighted by molar-refractivity contribution is -0.149. The molecule has 1 saturated heterocycles. The molecule has 0 saturated carbocycles. The van der Waals surface area contributed by atoms with Gasteiger partial charge in [0.05, 0.1) is 24.0 Å². The number of nitrogens with one attached hydrogen (secondary N) is 1. The van der Waals surface area contributed by atoms with E-state index in [1.54, 1.807) is 19.1 Å².